The van der Waals surface area contributed by atoms with Crippen molar-refractivity contribution >= 4 is 28.7 Å². The highest BCUT2D eigenvalue weighted by molar-refractivity contribution is 6.44. The van der Waals surface area contributed by atoms with E-state index in [1.54, 1.807) is 0 Å². The first-order chi connectivity index (χ1) is 12.3. The number of nitrogens with one attached hydrogen (secondary N) is 1. The van der Waals surface area contributed by atoms with Crippen LogP contribution in [0.1, 0.15) is 19.3 Å². The number of nitrogens with zero attached hydrogens (tertiary/aromatic N) is 3. The predicted molar refractivity (Wildman–Crippen MR) is 105 cm³/mol. The van der Waals surface area contributed by atoms with Crippen LogP contribution in [0.4, 0.5) is 11.4 Å². The summed E-state index contributed by atoms with van der Waals surface area (Å²) < 4.78 is 0. The molecular formula is C20H21ClN4. The standard InChI is InChI=1S/C20H21ClN4/c21-20-16(14-24-25-18-11-5-2-6-12-18)8-7-13-19(20)23-15-22-17-9-3-1-4-10-17/h1-6,9-12,22H,7-8,13-15H2/b23-19+,25-24+. The average Bonchev–Trinajstić information content (AvgIpc) is 2.66. The Labute approximate surface area is 153 Å². The molecule has 25 heavy (non-hydrogen) atoms. The largest absolute Gasteiger partial charge is 0.366 e. The Morgan fingerprint density at radius 3 is 2.40 bits per heavy atom. The van der Waals surface area contributed by atoms with Crippen LogP contribution >= 0.6 is 11.6 Å². The third-order valence-corrected chi connectivity index (χ3v) is 4.47. The molecule has 0 unspecified atom stereocenters. The molecule has 0 bridgehead atoms. The summed E-state index contributed by atoms with van der Waals surface area (Å²) in [5.74, 6) is 0. The minimum atomic E-state index is 0.522. The zero-order valence-electron chi connectivity index (χ0n) is 14.0. The Morgan fingerprint density at radius 2 is 1.64 bits per heavy atom. The Morgan fingerprint density at radius 1 is 0.920 bits per heavy atom. The van der Waals surface area contributed by atoms with E-state index in [2.05, 4.69) is 20.5 Å². The summed E-state index contributed by atoms with van der Waals surface area (Å²) >= 11 is 6.53. The van der Waals surface area contributed by atoms with Crippen molar-refractivity contribution in [3.8, 4) is 0 Å². The Bertz CT molecular complexity index is 767. The number of para-hydroxylation sites is 1. The summed E-state index contributed by atoms with van der Waals surface area (Å²) in [5, 5.41) is 12.6. The molecule has 1 N–H and O–H groups in total. The fraction of sp³-hybridized carbons (Fsp3) is 0.250. The van der Waals surface area contributed by atoms with Crippen molar-refractivity contribution in [2.75, 3.05) is 18.5 Å². The predicted octanol–water partition coefficient (Wildman–Crippen LogP) is 5.96. The molecule has 5 heteroatoms. The highest BCUT2D eigenvalue weighted by Gasteiger charge is 2.16. The Hall–Kier alpha value is -2.46. The van der Waals surface area contributed by atoms with E-state index in [9.17, 15) is 0 Å². The number of benzene rings is 2. The zero-order valence-corrected chi connectivity index (χ0v) is 14.8. The maximum absolute atomic E-state index is 6.53. The molecule has 0 aliphatic heterocycles. The Balaban J connectivity index is 1.60. The Kier molecular flexibility index (Phi) is 6.35. The topological polar surface area (TPSA) is 49.1 Å². The van der Waals surface area contributed by atoms with E-state index in [4.69, 9.17) is 11.6 Å². The molecule has 0 heterocycles. The molecule has 0 saturated heterocycles. The summed E-state index contributed by atoms with van der Waals surface area (Å²) in [4.78, 5) is 4.62. The molecule has 3 rings (SSSR count). The van der Waals surface area contributed by atoms with Crippen molar-refractivity contribution in [3.63, 3.8) is 0 Å². The van der Waals surface area contributed by atoms with Crippen molar-refractivity contribution in [1.29, 1.82) is 0 Å². The highest BCUT2D eigenvalue weighted by Crippen LogP contribution is 2.26. The van der Waals surface area contributed by atoms with Crippen molar-refractivity contribution in [2.45, 2.75) is 19.3 Å². The fourth-order valence-corrected chi connectivity index (χ4v) is 2.98. The van der Waals surface area contributed by atoms with Gasteiger partial charge >= 0.3 is 0 Å². The highest BCUT2D eigenvalue weighted by atomic mass is 35.5. The van der Waals surface area contributed by atoms with Crippen LogP contribution in [0.2, 0.25) is 0 Å². The number of halogens is 1. The van der Waals surface area contributed by atoms with Gasteiger partial charge in [0.25, 0.3) is 0 Å². The van der Waals surface area contributed by atoms with Gasteiger partial charge in [0.05, 0.1) is 23.0 Å². The fourth-order valence-electron chi connectivity index (χ4n) is 2.67. The summed E-state index contributed by atoms with van der Waals surface area (Å²) in [7, 11) is 0. The van der Waals surface area contributed by atoms with Gasteiger partial charge in [0.1, 0.15) is 6.67 Å². The first kappa shape index (κ1) is 17.4. The quantitative estimate of drug-likeness (QED) is 0.641. The summed E-state index contributed by atoms with van der Waals surface area (Å²) in [6.45, 7) is 1.05. The van der Waals surface area contributed by atoms with E-state index in [-0.39, 0.29) is 0 Å². The molecule has 1 aliphatic carbocycles. The molecule has 0 spiro atoms. The number of hydrogen-bond acceptors (Lipinski definition) is 4. The molecular weight excluding hydrogens is 332 g/mol. The molecule has 0 saturated carbocycles. The van der Waals surface area contributed by atoms with Gasteiger partial charge in [0, 0.05) is 5.69 Å². The number of aliphatic imine (C=N–C) groups is 1. The minimum absolute atomic E-state index is 0.522. The van der Waals surface area contributed by atoms with Crippen LogP contribution in [0.5, 0.6) is 0 Å². The molecule has 2 aromatic rings. The first-order valence-corrected chi connectivity index (χ1v) is 8.83. The second kappa shape index (κ2) is 9.14. The van der Waals surface area contributed by atoms with Crippen molar-refractivity contribution in [1.82, 2.24) is 0 Å². The normalized spacial score (nSPS) is 16.6. The van der Waals surface area contributed by atoms with E-state index < -0.39 is 0 Å². The molecule has 0 fully saturated rings. The lowest BCUT2D eigenvalue weighted by molar-refractivity contribution is 0.798. The van der Waals surface area contributed by atoms with Gasteiger partial charge in [-0.2, -0.15) is 10.2 Å². The van der Waals surface area contributed by atoms with Crippen LogP contribution in [0.3, 0.4) is 0 Å². The second-order valence-corrected chi connectivity index (χ2v) is 6.19. The third kappa shape index (κ3) is 5.26. The maximum Gasteiger partial charge on any atom is 0.108 e. The van der Waals surface area contributed by atoms with Crippen molar-refractivity contribution in [3.05, 3.63) is 71.3 Å². The van der Waals surface area contributed by atoms with Crippen LogP contribution in [0.15, 0.2) is 86.5 Å². The van der Waals surface area contributed by atoms with Gasteiger partial charge in [-0.25, -0.2) is 0 Å². The lowest BCUT2D eigenvalue weighted by atomic mass is 9.98. The SMILES string of the molecule is ClC1=C(C/N=N/c2ccccc2)CCC/C1=N\CNc1ccccc1. The van der Waals surface area contributed by atoms with Crippen LogP contribution in [0.25, 0.3) is 0 Å². The lowest BCUT2D eigenvalue weighted by Gasteiger charge is -2.17. The monoisotopic (exact) mass is 352 g/mol. The van der Waals surface area contributed by atoms with Crippen LogP contribution < -0.4 is 5.32 Å². The molecule has 128 valence electrons. The van der Waals surface area contributed by atoms with Crippen molar-refractivity contribution < 1.29 is 0 Å². The van der Waals surface area contributed by atoms with Crippen molar-refractivity contribution in [2.24, 2.45) is 15.2 Å². The number of azo groups is 1. The third-order valence-electron chi connectivity index (χ3n) is 3.99. The maximum atomic E-state index is 6.53. The average molecular weight is 353 g/mol. The van der Waals surface area contributed by atoms with Gasteiger partial charge in [-0.15, -0.1) is 0 Å². The lowest BCUT2D eigenvalue weighted by Crippen LogP contribution is -2.12. The molecule has 0 atom stereocenters. The number of rotatable bonds is 6. The van der Waals surface area contributed by atoms with Crippen LogP contribution in [-0.2, 0) is 0 Å². The number of anilines is 1. The minimum Gasteiger partial charge on any atom is -0.366 e. The van der Waals surface area contributed by atoms with Crippen LogP contribution in [0, 0.1) is 0 Å². The van der Waals surface area contributed by atoms with E-state index in [0.717, 1.165) is 47.0 Å². The van der Waals surface area contributed by atoms with Crippen LogP contribution in [-0.4, -0.2) is 18.9 Å². The second-order valence-electron chi connectivity index (χ2n) is 5.81. The van der Waals surface area contributed by atoms with Gasteiger partial charge < -0.3 is 5.32 Å². The van der Waals surface area contributed by atoms with E-state index in [1.807, 2.05) is 60.7 Å². The molecule has 0 radical (unpaired) electrons. The summed E-state index contributed by atoms with van der Waals surface area (Å²) in [6.07, 6.45) is 2.92. The van der Waals surface area contributed by atoms with Gasteiger partial charge in [0.15, 0.2) is 0 Å². The summed E-state index contributed by atoms with van der Waals surface area (Å²) in [5.41, 5.74) is 3.99. The van der Waals surface area contributed by atoms with E-state index >= 15 is 0 Å². The molecule has 2 aromatic carbocycles. The first-order valence-electron chi connectivity index (χ1n) is 8.45. The summed E-state index contributed by atoms with van der Waals surface area (Å²) in [6, 6.07) is 19.8. The zero-order chi connectivity index (χ0) is 17.3. The number of allylic oxidation sites excluding steroid dienone is 1. The van der Waals surface area contributed by atoms with Gasteiger partial charge in [-0.05, 0) is 49.1 Å². The van der Waals surface area contributed by atoms with E-state index in [1.165, 1.54) is 0 Å². The van der Waals surface area contributed by atoms with E-state index in [0.29, 0.717) is 13.2 Å². The number of hydrogen-bond donors (Lipinski definition) is 1. The molecule has 0 aromatic heterocycles. The molecule has 1 aliphatic rings. The molecule has 0 amide bonds. The van der Waals surface area contributed by atoms with Gasteiger partial charge in [-0.3, -0.25) is 4.99 Å². The van der Waals surface area contributed by atoms with Gasteiger partial charge in [-0.1, -0.05) is 48.0 Å². The van der Waals surface area contributed by atoms with Gasteiger partial charge in [0.2, 0.25) is 0 Å². The smallest absolute Gasteiger partial charge is 0.108 e. The molecule has 4 nitrogen and oxygen atoms in total.